The van der Waals surface area contributed by atoms with Crippen LogP contribution in [0.25, 0.3) is 11.6 Å². The first-order chi connectivity index (χ1) is 13.5. The lowest BCUT2D eigenvalue weighted by atomic mass is 9.81. The molecule has 0 saturated heterocycles. The highest BCUT2D eigenvalue weighted by atomic mass is 19.1. The molecule has 28 heavy (non-hydrogen) atoms. The first-order valence-electron chi connectivity index (χ1n) is 9.28. The molecular formula is C23H22FN3O. The van der Waals surface area contributed by atoms with Crippen molar-refractivity contribution in [1.29, 1.82) is 0 Å². The lowest BCUT2D eigenvalue weighted by Gasteiger charge is -2.25. The topological polar surface area (TPSA) is 47.0 Å². The quantitative estimate of drug-likeness (QED) is 0.662. The Bertz CT molecular complexity index is 1060. The summed E-state index contributed by atoms with van der Waals surface area (Å²) in [5, 5.41) is 3.23. The smallest absolute Gasteiger partial charge is 0.214 e. The van der Waals surface area contributed by atoms with Crippen LogP contribution in [0.5, 0.6) is 5.88 Å². The van der Waals surface area contributed by atoms with E-state index in [1.54, 1.807) is 19.2 Å². The Kier molecular flexibility index (Phi) is 4.82. The van der Waals surface area contributed by atoms with E-state index in [0.29, 0.717) is 11.7 Å². The number of methoxy groups -OCH3 is 1. The number of rotatable bonds is 4. The fourth-order valence-electron chi connectivity index (χ4n) is 3.61. The Morgan fingerprint density at radius 2 is 2.00 bits per heavy atom. The Morgan fingerprint density at radius 1 is 1.14 bits per heavy atom. The van der Waals surface area contributed by atoms with Crippen molar-refractivity contribution in [2.45, 2.75) is 20.3 Å². The second-order valence-corrected chi connectivity index (χ2v) is 7.12. The minimum absolute atomic E-state index is 0.206. The predicted octanol–water partition coefficient (Wildman–Crippen LogP) is 5.41. The van der Waals surface area contributed by atoms with E-state index in [-0.39, 0.29) is 11.7 Å². The number of nitrogens with one attached hydrogen (secondary N) is 1. The third-order valence-corrected chi connectivity index (χ3v) is 5.09. The molecule has 0 amide bonds. The van der Waals surface area contributed by atoms with Gasteiger partial charge in [-0.15, -0.1) is 0 Å². The maximum Gasteiger partial charge on any atom is 0.214 e. The summed E-state index contributed by atoms with van der Waals surface area (Å²) in [7, 11) is 1.59. The number of pyridine rings is 2. The monoisotopic (exact) mass is 375 g/mol. The lowest BCUT2D eigenvalue weighted by molar-refractivity contribution is 0.398. The van der Waals surface area contributed by atoms with Gasteiger partial charge in [0.2, 0.25) is 5.88 Å². The van der Waals surface area contributed by atoms with E-state index in [9.17, 15) is 4.39 Å². The fraction of sp³-hybridized carbons (Fsp3) is 0.217. The molecule has 1 unspecified atom stereocenters. The minimum Gasteiger partial charge on any atom is -0.481 e. The lowest BCUT2D eigenvalue weighted by Crippen LogP contribution is -2.11. The Morgan fingerprint density at radius 3 is 2.82 bits per heavy atom. The van der Waals surface area contributed by atoms with Crippen molar-refractivity contribution in [3.8, 4) is 5.88 Å². The van der Waals surface area contributed by atoms with E-state index in [1.165, 1.54) is 11.6 Å². The van der Waals surface area contributed by atoms with Gasteiger partial charge in [0.25, 0.3) is 0 Å². The minimum atomic E-state index is -0.206. The van der Waals surface area contributed by atoms with Crippen molar-refractivity contribution in [2.24, 2.45) is 5.92 Å². The van der Waals surface area contributed by atoms with E-state index in [2.05, 4.69) is 34.4 Å². The zero-order chi connectivity index (χ0) is 19.7. The number of aryl methyl sites for hydroxylation is 1. The van der Waals surface area contributed by atoms with Crippen LogP contribution in [0.15, 0.2) is 48.7 Å². The standard InChI is InChI=1S/C23H22FN3O/c1-14-7-8-18(24)12-20(14)19-10-17-13-25-22(11-16(17)9-15(19)2)26-21-5-4-6-23(27-21)28-3/h4-8,10-13,15H,9H2,1-3H3,(H,25,26,27). The summed E-state index contributed by atoms with van der Waals surface area (Å²) in [5.74, 6) is 2.06. The van der Waals surface area contributed by atoms with E-state index in [4.69, 9.17) is 4.74 Å². The number of hydrogen-bond donors (Lipinski definition) is 1. The summed E-state index contributed by atoms with van der Waals surface area (Å²) in [4.78, 5) is 8.89. The van der Waals surface area contributed by atoms with Gasteiger partial charge in [-0.05, 0) is 77.4 Å². The Balaban J connectivity index is 1.65. The van der Waals surface area contributed by atoms with E-state index in [0.717, 1.165) is 34.5 Å². The predicted molar refractivity (Wildman–Crippen MR) is 110 cm³/mol. The third kappa shape index (κ3) is 3.60. The van der Waals surface area contributed by atoms with Crippen molar-refractivity contribution in [1.82, 2.24) is 9.97 Å². The van der Waals surface area contributed by atoms with Crippen LogP contribution in [-0.2, 0) is 6.42 Å². The van der Waals surface area contributed by atoms with Gasteiger partial charge in [-0.25, -0.2) is 9.37 Å². The molecule has 3 aromatic rings. The van der Waals surface area contributed by atoms with Crippen molar-refractivity contribution < 1.29 is 9.13 Å². The molecule has 1 aliphatic rings. The van der Waals surface area contributed by atoms with Gasteiger partial charge in [-0.1, -0.05) is 19.1 Å². The molecule has 1 atom stereocenters. The SMILES string of the molecule is COc1cccc(Nc2cc3c(cn2)C=C(c2cc(F)ccc2C)C(C)C3)n1. The molecule has 1 aliphatic carbocycles. The van der Waals surface area contributed by atoms with Crippen molar-refractivity contribution in [2.75, 3.05) is 12.4 Å². The summed E-state index contributed by atoms with van der Waals surface area (Å²) in [6.45, 7) is 4.19. The normalized spacial score (nSPS) is 15.6. The number of ether oxygens (including phenoxy) is 1. The summed E-state index contributed by atoms with van der Waals surface area (Å²) < 4.78 is 18.9. The number of benzene rings is 1. The maximum atomic E-state index is 13.8. The van der Waals surface area contributed by atoms with E-state index >= 15 is 0 Å². The average molecular weight is 375 g/mol. The van der Waals surface area contributed by atoms with Gasteiger partial charge in [-0.2, -0.15) is 4.98 Å². The van der Waals surface area contributed by atoms with Crippen molar-refractivity contribution in [3.63, 3.8) is 0 Å². The number of anilines is 2. The Labute approximate surface area is 164 Å². The molecule has 0 bridgehead atoms. The number of halogens is 1. The van der Waals surface area contributed by atoms with Crippen LogP contribution < -0.4 is 10.1 Å². The van der Waals surface area contributed by atoms with Gasteiger partial charge in [0.15, 0.2) is 0 Å². The first kappa shape index (κ1) is 18.2. The summed E-state index contributed by atoms with van der Waals surface area (Å²) in [6.07, 6.45) is 4.87. The number of fused-ring (bicyclic) bond motifs is 1. The molecule has 0 fully saturated rings. The fourth-order valence-corrected chi connectivity index (χ4v) is 3.61. The van der Waals surface area contributed by atoms with Crippen LogP contribution in [0.2, 0.25) is 0 Å². The number of aromatic nitrogens is 2. The van der Waals surface area contributed by atoms with Gasteiger partial charge in [0, 0.05) is 12.3 Å². The molecule has 2 aromatic heterocycles. The van der Waals surface area contributed by atoms with Gasteiger partial charge >= 0.3 is 0 Å². The van der Waals surface area contributed by atoms with Crippen LogP contribution >= 0.6 is 0 Å². The summed E-state index contributed by atoms with van der Waals surface area (Å²) >= 11 is 0. The molecule has 4 rings (SSSR count). The highest BCUT2D eigenvalue weighted by molar-refractivity contribution is 5.86. The Hall–Kier alpha value is -3.21. The van der Waals surface area contributed by atoms with Gasteiger partial charge in [0.1, 0.15) is 17.5 Å². The van der Waals surface area contributed by atoms with Gasteiger partial charge in [-0.3, -0.25) is 0 Å². The molecule has 4 nitrogen and oxygen atoms in total. The number of allylic oxidation sites excluding steroid dienone is 1. The highest BCUT2D eigenvalue weighted by Crippen LogP contribution is 2.36. The third-order valence-electron chi connectivity index (χ3n) is 5.09. The first-order valence-corrected chi connectivity index (χ1v) is 9.28. The molecular weight excluding hydrogens is 353 g/mol. The second kappa shape index (κ2) is 7.43. The summed E-state index contributed by atoms with van der Waals surface area (Å²) in [6, 6.07) is 12.6. The highest BCUT2D eigenvalue weighted by Gasteiger charge is 2.21. The largest absolute Gasteiger partial charge is 0.481 e. The number of hydrogen-bond acceptors (Lipinski definition) is 4. The molecule has 5 heteroatoms. The second-order valence-electron chi connectivity index (χ2n) is 7.12. The molecule has 0 radical (unpaired) electrons. The zero-order valence-electron chi connectivity index (χ0n) is 16.2. The maximum absolute atomic E-state index is 13.8. The van der Waals surface area contributed by atoms with E-state index < -0.39 is 0 Å². The molecule has 1 N–H and O–H groups in total. The van der Waals surface area contributed by atoms with Crippen LogP contribution in [0.4, 0.5) is 16.0 Å². The molecule has 142 valence electrons. The van der Waals surface area contributed by atoms with Crippen LogP contribution in [0.1, 0.15) is 29.2 Å². The zero-order valence-corrected chi connectivity index (χ0v) is 16.2. The molecule has 2 heterocycles. The van der Waals surface area contributed by atoms with Crippen molar-refractivity contribution >= 4 is 23.3 Å². The molecule has 0 spiro atoms. The van der Waals surface area contributed by atoms with Gasteiger partial charge < -0.3 is 10.1 Å². The van der Waals surface area contributed by atoms with Crippen LogP contribution in [-0.4, -0.2) is 17.1 Å². The van der Waals surface area contributed by atoms with Crippen molar-refractivity contribution in [3.05, 3.63) is 76.7 Å². The number of nitrogens with zero attached hydrogens (tertiary/aromatic N) is 2. The van der Waals surface area contributed by atoms with E-state index in [1.807, 2.05) is 31.3 Å². The van der Waals surface area contributed by atoms with Gasteiger partial charge in [0.05, 0.1) is 7.11 Å². The molecule has 0 saturated carbocycles. The molecule has 1 aromatic carbocycles. The van der Waals surface area contributed by atoms with Crippen LogP contribution in [0.3, 0.4) is 0 Å². The van der Waals surface area contributed by atoms with Crippen LogP contribution in [0, 0.1) is 18.7 Å². The average Bonchev–Trinajstić information content (AvgIpc) is 2.69. The molecule has 0 aliphatic heterocycles. The summed E-state index contributed by atoms with van der Waals surface area (Å²) in [5.41, 5.74) is 5.49.